The minimum absolute atomic E-state index is 0.230. The molecule has 98 valence electrons. The smallest absolute Gasteiger partial charge is 0.168 e. The fourth-order valence-electron chi connectivity index (χ4n) is 3.43. The van der Waals surface area contributed by atoms with Gasteiger partial charge >= 0.3 is 0 Å². The number of hydrogen-bond donors (Lipinski definition) is 0. The van der Waals surface area contributed by atoms with Gasteiger partial charge in [-0.2, -0.15) is 0 Å². The van der Waals surface area contributed by atoms with Gasteiger partial charge in [0.1, 0.15) is 0 Å². The monoisotopic (exact) mass is 240 g/mol. The molecule has 0 amide bonds. The van der Waals surface area contributed by atoms with E-state index in [-0.39, 0.29) is 5.79 Å². The van der Waals surface area contributed by atoms with Crippen molar-refractivity contribution in [1.82, 2.24) is 0 Å². The Morgan fingerprint density at radius 2 is 1.35 bits per heavy atom. The van der Waals surface area contributed by atoms with E-state index in [0.717, 1.165) is 38.9 Å². The van der Waals surface area contributed by atoms with Gasteiger partial charge in [-0.1, -0.05) is 19.3 Å². The van der Waals surface area contributed by atoms with E-state index in [2.05, 4.69) is 0 Å². The van der Waals surface area contributed by atoms with Crippen LogP contribution >= 0.6 is 0 Å². The highest BCUT2D eigenvalue weighted by Crippen LogP contribution is 2.37. The summed E-state index contributed by atoms with van der Waals surface area (Å²) in [5, 5.41) is 0. The molecule has 0 bridgehead atoms. The topological polar surface area (TPSA) is 27.7 Å². The van der Waals surface area contributed by atoms with Crippen molar-refractivity contribution in [2.75, 3.05) is 13.2 Å². The fraction of sp³-hybridized carbons (Fsp3) is 1.00. The molecular weight excluding hydrogens is 216 g/mol. The van der Waals surface area contributed by atoms with Gasteiger partial charge in [-0.3, -0.25) is 0 Å². The molecule has 0 N–H and O–H groups in total. The summed E-state index contributed by atoms with van der Waals surface area (Å²) in [7, 11) is 0. The van der Waals surface area contributed by atoms with Crippen LogP contribution < -0.4 is 0 Å². The van der Waals surface area contributed by atoms with E-state index < -0.39 is 0 Å². The highest BCUT2D eigenvalue weighted by molar-refractivity contribution is 4.83. The Hall–Kier alpha value is -0.120. The Morgan fingerprint density at radius 3 is 2.00 bits per heavy atom. The lowest BCUT2D eigenvalue weighted by molar-refractivity contribution is -0.196. The normalized spacial score (nSPS) is 31.1. The number of hydrogen-bond acceptors (Lipinski definition) is 3. The van der Waals surface area contributed by atoms with Gasteiger partial charge in [0.15, 0.2) is 5.79 Å². The van der Waals surface area contributed by atoms with Crippen molar-refractivity contribution >= 4 is 0 Å². The van der Waals surface area contributed by atoms with Crippen LogP contribution in [0.4, 0.5) is 0 Å². The summed E-state index contributed by atoms with van der Waals surface area (Å²) in [4.78, 5) is 0. The summed E-state index contributed by atoms with van der Waals surface area (Å²) in [6, 6.07) is 0. The molecule has 0 aromatic heterocycles. The zero-order chi connectivity index (χ0) is 11.6. The summed E-state index contributed by atoms with van der Waals surface area (Å²) in [6.07, 6.45) is 11.9. The van der Waals surface area contributed by atoms with E-state index in [1.165, 1.54) is 32.1 Å². The summed E-state index contributed by atoms with van der Waals surface area (Å²) in [6.45, 7) is 1.54. The molecule has 0 aromatic rings. The van der Waals surface area contributed by atoms with Gasteiger partial charge in [-0.05, 0) is 25.7 Å². The van der Waals surface area contributed by atoms with Gasteiger partial charge in [-0.25, -0.2) is 0 Å². The Labute approximate surface area is 104 Å². The first-order valence-corrected chi connectivity index (χ1v) is 7.30. The standard InChI is InChI=1S/C14H24O3/c1-2-4-12(5-3-1)17-13-6-8-14(9-7-13)15-10-11-16-14/h12-13H,1-11H2. The Morgan fingerprint density at radius 1 is 0.765 bits per heavy atom. The van der Waals surface area contributed by atoms with Crippen LogP contribution in [0.3, 0.4) is 0 Å². The molecule has 17 heavy (non-hydrogen) atoms. The van der Waals surface area contributed by atoms with Crippen LogP contribution in [0.1, 0.15) is 57.8 Å². The van der Waals surface area contributed by atoms with E-state index >= 15 is 0 Å². The molecule has 0 radical (unpaired) electrons. The molecule has 3 aliphatic rings. The maximum atomic E-state index is 6.22. The molecule has 3 heteroatoms. The second kappa shape index (κ2) is 5.25. The van der Waals surface area contributed by atoms with Gasteiger partial charge in [-0.15, -0.1) is 0 Å². The third-order valence-electron chi connectivity index (χ3n) is 4.45. The first-order chi connectivity index (χ1) is 8.36. The molecule has 1 aliphatic heterocycles. The van der Waals surface area contributed by atoms with Crippen LogP contribution in [0.15, 0.2) is 0 Å². The molecule has 0 aromatic carbocycles. The Balaban J connectivity index is 1.44. The van der Waals surface area contributed by atoms with Gasteiger partial charge in [0.05, 0.1) is 25.4 Å². The number of rotatable bonds is 2. The molecular formula is C14H24O3. The lowest BCUT2D eigenvalue weighted by Crippen LogP contribution is -2.38. The summed E-state index contributed by atoms with van der Waals surface area (Å²) in [5.74, 6) is -0.230. The summed E-state index contributed by atoms with van der Waals surface area (Å²) in [5.41, 5.74) is 0. The molecule has 2 aliphatic carbocycles. The SMILES string of the molecule is C1CCC(OC2CCC3(CC2)OCCO3)CC1. The molecule has 3 nitrogen and oxygen atoms in total. The molecule has 3 rings (SSSR count). The van der Waals surface area contributed by atoms with Crippen molar-refractivity contribution in [2.24, 2.45) is 0 Å². The van der Waals surface area contributed by atoms with Crippen LogP contribution in [-0.2, 0) is 14.2 Å². The van der Waals surface area contributed by atoms with Gasteiger partial charge in [0.25, 0.3) is 0 Å². The van der Waals surface area contributed by atoms with Gasteiger partial charge in [0, 0.05) is 12.8 Å². The zero-order valence-electron chi connectivity index (χ0n) is 10.7. The maximum absolute atomic E-state index is 6.22. The van der Waals surface area contributed by atoms with Gasteiger partial charge < -0.3 is 14.2 Å². The lowest BCUT2D eigenvalue weighted by Gasteiger charge is -2.37. The molecule has 0 atom stereocenters. The molecule has 1 heterocycles. The average molecular weight is 240 g/mol. The second-order valence-corrected chi connectivity index (χ2v) is 5.70. The van der Waals surface area contributed by atoms with Crippen molar-refractivity contribution in [3.63, 3.8) is 0 Å². The highest BCUT2D eigenvalue weighted by atomic mass is 16.7. The molecule has 1 saturated heterocycles. The van der Waals surface area contributed by atoms with E-state index in [4.69, 9.17) is 14.2 Å². The van der Waals surface area contributed by atoms with Crippen molar-refractivity contribution in [1.29, 1.82) is 0 Å². The third-order valence-corrected chi connectivity index (χ3v) is 4.45. The fourth-order valence-corrected chi connectivity index (χ4v) is 3.43. The Bertz CT molecular complexity index is 232. The van der Waals surface area contributed by atoms with E-state index in [1.54, 1.807) is 0 Å². The van der Waals surface area contributed by atoms with Crippen molar-refractivity contribution < 1.29 is 14.2 Å². The zero-order valence-corrected chi connectivity index (χ0v) is 10.7. The van der Waals surface area contributed by atoms with E-state index in [9.17, 15) is 0 Å². The van der Waals surface area contributed by atoms with Crippen LogP contribution in [0.2, 0.25) is 0 Å². The van der Waals surface area contributed by atoms with Gasteiger partial charge in [0.2, 0.25) is 0 Å². The Kier molecular flexibility index (Phi) is 3.69. The first-order valence-electron chi connectivity index (χ1n) is 7.30. The summed E-state index contributed by atoms with van der Waals surface area (Å²) < 4.78 is 17.7. The quantitative estimate of drug-likeness (QED) is 0.742. The third kappa shape index (κ3) is 2.83. The molecule has 2 saturated carbocycles. The highest BCUT2D eigenvalue weighted by Gasteiger charge is 2.40. The van der Waals surface area contributed by atoms with Crippen LogP contribution in [0.25, 0.3) is 0 Å². The van der Waals surface area contributed by atoms with Crippen LogP contribution in [-0.4, -0.2) is 31.2 Å². The first kappa shape index (κ1) is 11.9. The van der Waals surface area contributed by atoms with Crippen LogP contribution in [0.5, 0.6) is 0 Å². The molecule has 3 fully saturated rings. The van der Waals surface area contributed by atoms with E-state index in [1.807, 2.05) is 0 Å². The molecule has 1 spiro atoms. The largest absolute Gasteiger partial charge is 0.375 e. The second-order valence-electron chi connectivity index (χ2n) is 5.70. The number of ether oxygens (including phenoxy) is 3. The van der Waals surface area contributed by atoms with Crippen molar-refractivity contribution in [3.8, 4) is 0 Å². The minimum atomic E-state index is -0.230. The lowest BCUT2D eigenvalue weighted by atomic mass is 9.91. The predicted molar refractivity (Wildman–Crippen MR) is 64.8 cm³/mol. The average Bonchev–Trinajstić information content (AvgIpc) is 2.83. The van der Waals surface area contributed by atoms with E-state index in [0.29, 0.717) is 12.2 Å². The predicted octanol–water partition coefficient (Wildman–Crippen LogP) is 3.02. The maximum Gasteiger partial charge on any atom is 0.168 e. The van der Waals surface area contributed by atoms with Crippen molar-refractivity contribution in [3.05, 3.63) is 0 Å². The van der Waals surface area contributed by atoms with Crippen molar-refractivity contribution in [2.45, 2.75) is 75.8 Å². The minimum Gasteiger partial charge on any atom is -0.375 e. The van der Waals surface area contributed by atoms with Crippen LogP contribution in [0, 0.1) is 0 Å². The molecule has 0 unspecified atom stereocenters. The summed E-state index contributed by atoms with van der Waals surface area (Å²) >= 11 is 0.